The third-order valence-electron chi connectivity index (χ3n) is 5.78. The number of carbonyl (C=O) groups excluding carboxylic acids is 1. The van der Waals surface area contributed by atoms with Gasteiger partial charge < -0.3 is 4.90 Å². The molecule has 1 amide bonds. The largest absolute Gasteiger partial charge is 0.335 e. The van der Waals surface area contributed by atoms with Crippen molar-refractivity contribution >= 4 is 27.5 Å². The number of amides is 1. The van der Waals surface area contributed by atoms with Crippen LogP contribution in [0, 0.1) is 0 Å². The Labute approximate surface area is 151 Å². The van der Waals surface area contributed by atoms with Crippen molar-refractivity contribution in [1.82, 2.24) is 9.88 Å². The van der Waals surface area contributed by atoms with Gasteiger partial charge in [0.2, 0.25) is 0 Å². The van der Waals surface area contributed by atoms with Crippen molar-refractivity contribution in [2.24, 2.45) is 0 Å². The standard InChI is InChI=1S/C21H20N2OS/c24-21(15-7-9-18-20(12-15)25-13-22-18)23-11-3-6-17-16-5-2-1-4-14(16)8-10-19(17)23/h1-2,4-5,7,9,12-13,17,19H,3,6,8,10-11H2. The molecule has 3 nitrogen and oxygen atoms in total. The molecule has 0 spiro atoms. The van der Waals surface area contributed by atoms with Crippen molar-refractivity contribution in [2.45, 2.75) is 37.6 Å². The summed E-state index contributed by atoms with van der Waals surface area (Å²) in [5, 5.41) is 0. The molecule has 3 aromatic rings. The summed E-state index contributed by atoms with van der Waals surface area (Å²) in [5.74, 6) is 0.680. The maximum atomic E-state index is 13.2. The van der Waals surface area contributed by atoms with Gasteiger partial charge >= 0.3 is 0 Å². The van der Waals surface area contributed by atoms with Gasteiger partial charge in [0.05, 0.1) is 15.7 Å². The van der Waals surface area contributed by atoms with Crippen molar-refractivity contribution in [2.75, 3.05) is 6.54 Å². The van der Waals surface area contributed by atoms with Gasteiger partial charge in [-0.05, 0) is 55.0 Å². The minimum absolute atomic E-state index is 0.185. The van der Waals surface area contributed by atoms with Crippen LogP contribution in [0.2, 0.25) is 0 Å². The van der Waals surface area contributed by atoms with Crippen LogP contribution >= 0.6 is 11.3 Å². The topological polar surface area (TPSA) is 33.2 Å². The van der Waals surface area contributed by atoms with E-state index in [0.29, 0.717) is 12.0 Å². The van der Waals surface area contributed by atoms with E-state index in [1.54, 1.807) is 11.3 Å². The lowest BCUT2D eigenvalue weighted by molar-refractivity contribution is 0.0547. The number of piperidine rings is 1. The third kappa shape index (κ3) is 2.47. The van der Waals surface area contributed by atoms with E-state index in [-0.39, 0.29) is 5.91 Å². The first-order chi connectivity index (χ1) is 12.3. The average molecular weight is 348 g/mol. The van der Waals surface area contributed by atoms with Crippen molar-refractivity contribution in [1.29, 1.82) is 0 Å². The molecule has 126 valence electrons. The second-order valence-corrected chi connectivity index (χ2v) is 7.97. The van der Waals surface area contributed by atoms with Gasteiger partial charge in [0.15, 0.2) is 0 Å². The zero-order valence-electron chi connectivity index (χ0n) is 14.0. The zero-order valence-corrected chi connectivity index (χ0v) is 14.8. The smallest absolute Gasteiger partial charge is 0.254 e. The number of fused-ring (bicyclic) bond motifs is 4. The highest BCUT2D eigenvalue weighted by Gasteiger charge is 2.38. The third-order valence-corrected chi connectivity index (χ3v) is 6.57. The van der Waals surface area contributed by atoms with Gasteiger partial charge in [-0.3, -0.25) is 4.79 Å². The monoisotopic (exact) mass is 348 g/mol. The van der Waals surface area contributed by atoms with Crippen LogP contribution in [0.3, 0.4) is 0 Å². The summed E-state index contributed by atoms with van der Waals surface area (Å²) in [7, 11) is 0. The summed E-state index contributed by atoms with van der Waals surface area (Å²) in [6.45, 7) is 0.878. The molecule has 1 aromatic heterocycles. The molecular formula is C21H20N2OS. The van der Waals surface area contributed by atoms with Crippen LogP contribution in [-0.2, 0) is 6.42 Å². The van der Waals surface area contributed by atoms with Gasteiger partial charge in [-0.1, -0.05) is 24.3 Å². The molecule has 0 radical (unpaired) electrons. The Morgan fingerprint density at radius 3 is 3.04 bits per heavy atom. The lowest BCUT2D eigenvalue weighted by Gasteiger charge is -2.45. The normalized spacial score (nSPS) is 22.5. The van der Waals surface area contributed by atoms with Crippen LogP contribution in [0.1, 0.15) is 46.7 Å². The highest BCUT2D eigenvalue weighted by atomic mass is 32.1. The summed E-state index contributed by atoms with van der Waals surface area (Å²) in [4.78, 5) is 19.7. The van der Waals surface area contributed by atoms with Crippen LogP contribution < -0.4 is 0 Å². The lowest BCUT2D eigenvalue weighted by atomic mass is 9.74. The number of benzene rings is 2. The van der Waals surface area contributed by atoms with Crippen LogP contribution in [0.25, 0.3) is 10.2 Å². The lowest BCUT2D eigenvalue weighted by Crippen LogP contribution is -2.49. The number of hydrogen-bond donors (Lipinski definition) is 0. The molecule has 0 N–H and O–H groups in total. The molecule has 1 saturated heterocycles. The van der Waals surface area contributed by atoms with Crippen molar-refractivity contribution < 1.29 is 4.79 Å². The Morgan fingerprint density at radius 1 is 1.16 bits per heavy atom. The number of aromatic nitrogens is 1. The van der Waals surface area contributed by atoms with Gasteiger partial charge in [-0.25, -0.2) is 4.98 Å². The molecule has 5 rings (SSSR count). The predicted octanol–water partition coefficient (Wildman–Crippen LogP) is 4.63. The SMILES string of the molecule is O=C(c1ccc2ncsc2c1)N1CCCC2c3ccccc3CCC21. The fourth-order valence-electron chi connectivity index (χ4n) is 4.61. The summed E-state index contributed by atoms with van der Waals surface area (Å²) in [6.07, 6.45) is 4.44. The molecule has 1 fully saturated rings. The Hall–Kier alpha value is -2.20. The van der Waals surface area contributed by atoms with Gasteiger partial charge in [0.25, 0.3) is 5.91 Å². The number of rotatable bonds is 1. The number of aryl methyl sites for hydroxylation is 1. The molecule has 2 aliphatic rings. The molecule has 1 aliphatic carbocycles. The maximum absolute atomic E-state index is 13.2. The average Bonchev–Trinajstić information content (AvgIpc) is 3.14. The fraction of sp³-hybridized carbons (Fsp3) is 0.333. The van der Waals surface area contributed by atoms with E-state index < -0.39 is 0 Å². The maximum Gasteiger partial charge on any atom is 0.254 e. The number of carbonyl (C=O) groups is 1. The quantitative estimate of drug-likeness (QED) is 0.642. The van der Waals surface area contributed by atoms with Crippen LogP contribution in [-0.4, -0.2) is 28.4 Å². The van der Waals surface area contributed by atoms with E-state index in [4.69, 9.17) is 0 Å². The Balaban J connectivity index is 1.48. The van der Waals surface area contributed by atoms with E-state index >= 15 is 0 Å². The summed E-state index contributed by atoms with van der Waals surface area (Å²) >= 11 is 1.60. The highest BCUT2D eigenvalue weighted by molar-refractivity contribution is 7.16. The van der Waals surface area contributed by atoms with Gasteiger partial charge in [0.1, 0.15) is 0 Å². The summed E-state index contributed by atoms with van der Waals surface area (Å²) in [5.41, 5.74) is 6.56. The highest BCUT2D eigenvalue weighted by Crippen LogP contribution is 2.41. The van der Waals surface area contributed by atoms with Crippen LogP contribution in [0.5, 0.6) is 0 Å². The van der Waals surface area contributed by atoms with E-state index in [1.807, 2.05) is 23.7 Å². The Morgan fingerprint density at radius 2 is 2.08 bits per heavy atom. The molecule has 2 atom stereocenters. The molecule has 2 unspecified atom stereocenters. The Kier molecular flexibility index (Phi) is 3.59. The zero-order chi connectivity index (χ0) is 16.8. The molecule has 2 aromatic carbocycles. The van der Waals surface area contributed by atoms with Crippen LogP contribution in [0.4, 0.5) is 0 Å². The number of thiazole rings is 1. The van der Waals surface area contributed by atoms with Crippen molar-refractivity contribution in [3.05, 3.63) is 64.7 Å². The predicted molar refractivity (Wildman–Crippen MR) is 101 cm³/mol. The first-order valence-corrected chi connectivity index (χ1v) is 9.91. The molecule has 4 heteroatoms. The first kappa shape index (κ1) is 15.1. The molecule has 2 heterocycles. The van der Waals surface area contributed by atoms with Crippen LogP contribution in [0.15, 0.2) is 48.0 Å². The number of nitrogens with zero attached hydrogens (tertiary/aromatic N) is 2. The van der Waals surface area contributed by atoms with Gasteiger partial charge in [0, 0.05) is 24.1 Å². The minimum atomic E-state index is 0.185. The minimum Gasteiger partial charge on any atom is -0.335 e. The van der Waals surface area contributed by atoms with E-state index in [9.17, 15) is 4.79 Å². The van der Waals surface area contributed by atoms with E-state index in [1.165, 1.54) is 17.5 Å². The van der Waals surface area contributed by atoms with E-state index in [2.05, 4.69) is 34.1 Å². The van der Waals surface area contributed by atoms with Gasteiger partial charge in [-0.2, -0.15) is 0 Å². The second-order valence-electron chi connectivity index (χ2n) is 7.09. The van der Waals surface area contributed by atoms with Gasteiger partial charge in [-0.15, -0.1) is 11.3 Å². The number of likely N-dealkylation sites (tertiary alicyclic amines) is 1. The molecule has 25 heavy (non-hydrogen) atoms. The molecule has 0 saturated carbocycles. The summed E-state index contributed by atoms with van der Waals surface area (Å²) in [6, 6.07) is 15.0. The van der Waals surface area contributed by atoms with Crippen molar-refractivity contribution in [3.63, 3.8) is 0 Å². The fourth-order valence-corrected chi connectivity index (χ4v) is 5.33. The Bertz CT molecular complexity index is 948. The molecule has 0 bridgehead atoms. The molecule has 1 aliphatic heterocycles. The number of hydrogen-bond acceptors (Lipinski definition) is 3. The second kappa shape index (κ2) is 5.95. The van der Waals surface area contributed by atoms with E-state index in [0.717, 1.165) is 41.6 Å². The molecular weight excluding hydrogens is 328 g/mol. The first-order valence-electron chi connectivity index (χ1n) is 9.03. The summed E-state index contributed by atoms with van der Waals surface area (Å²) < 4.78 is 1.09. The van der Waals surface area contributed by atoms with Crippen molar-refractivity contribution in [3.8, 4) is 0 Å².